The lowest BCUT2D eigenvalue weighted by Gasteiger charge is -2.17. The average molecular weight is 608 g/mol. The number of nitrogens with one attached hydrogen (secondary N) is 1. The molecule has 7 nitrogen and oxygen atoms in total. The van der Waals surface area contributed by atoms with Crippen LogP contribution in [0, 0.1) is 5.92 Å². The third-order valence-corrected chi connectivity index (χ3v) is 11.1. The molecule has 0 saturated heterocycles. The number of anilines is 1. The highest BCUT2D eigenvalue weighted by Crippen LogP contribution is 2.39. The molecule has 0 bridgehead atoms. The highest BCUT2D eigenvalue weighted by molar-refractivity contribution is 7.99. The highest BCUT2D eigenvalue weighted by atomic mass is 32.2. The maximum Gasteiger partial charge on any atom is 0.341 e. The van der Waals surface area contributed by atoms with E-state index in [2.05, 4.69) is 12.2 Å². The zero-order valence-corrected chi connectivity index (χ0v) is 25.7. The third kappa shape index (κ3) is 5.61. The number of amides is 1. The molecule has 0 spiro atoms. The fourth-order valence-corrected chi connectivity index (χ4v) is 9.35. The molecule has 214 valence electrons. The van der Waals surface area contributed by atoms with E-state index in [9.17, 15) is 14.4 Å². The Kier molecular flexibility index (Phi) is 8.33. The first-order valence-electron chi connectivity index (χ1n) is 14.3. The van der Waals surface area contributed by atoms with Crippen molar-refractivity contribution in [1.82, 2.24) is 9.55 Å². The van der Waals surface area contributed by atoms with E-state index in [1.807, 2.05) is 30.3 Å². The van der Waals surface area contributed by atoms with Gasteiger partial charge in [0.1, 0.15) is 9.83 Å². The Bertz CT molecular complexity index is 1670. The Morgan fingerprint density at radius 2 is 1.88 bits per heavy atom. The van der Waals surface area contributed by atoms with Crippen molar-refractivity contribution < 1.29 is 14.3 Å². The predicted molar refractivity (Wildman–Crippen MR) is 167 cm³/mol. The quantitative estimate of drug-likeness (QED) is 0.107. The van der Waals surface area contributed by atoms with Gasteiger partial charge in [0, 0.05) is 9.75 Å². The number of aromatic nitrogens is 2. The van der Waals surface area contributed by atoms with Crippen molar-refractivity contribution in [2.24, 2.45) is 5.92 Å². The number of ether oxygens (including phenoxy) is 1. The second-order valence-corrected chi connectivity index (χ2v) is 13.9. The topological polar surface area (TPSA) is 90.3 Å². The molecule has 0 saturated carbocycles. The van der Waals surface area contributed by atoms with Crippen LogP contribution in [0.25, 0.3) is 15.9 Å². The molecule has 41 heavy (non-hydrogen) atoms. The third-order valence-electron chi connectivity index (χ3n) is 7.80. The van der Waals surface area contributed by atoms with Crippen molar-refractivity contribution in [1.29, 1.82) is 0 Å². The monoisotopic (exact) mass is 607 g/mol. The first-order valence-corrected chi connectivity index (χ1v) is 16.9. The smallest absolute Gasteiger partial charge is 0.341 e. The molecule has 4 aromatic rings. The lowest BCUT2D eigenvalue weighted by atomic mass is 9.89. The van der Waals surface area contributed by atoms with Crippen molar-refractivity contribution in [2.45, 2.75) is 70.4 Å². The minimum atomic E-state index is -0.379. The van der Waals surface area contributed by atoms with Crippen LogP contribution >= 0.6 is 34.4 Å². The van der Waals surface area contributed by atoms with E-state index < -0.39 is 0 Å². The van der Waals surface area contributed by atoms with Crippen LogP contribution in [0.1, 0.15) is 70.8 Å². The molecule has 0 aliphatic heterocycles. The molecule has 6 rings (SSSR count). The number of nitrogens with zero attached hydrogens (tertiary/aromatic N) is 2. The molecule has 0 fully saturated rings. The second-order valence-electron chi connectivity index (χ2n) is 10.7. The van der Waals surface area contributed by atoms with Gasteiger partial charge in [-0.1, -0.05) is 43.3 Å². The molecule has 0 unspecified atom stereocenters. The van der Waals surface area contributed by atoms with Crippen LogP contribution in [0.3, 0.4) is 0 Å². The maximum absolute atomic E-state index is 14.0. The van der Waals surface area contributed by atoms with E-state index in [4.69, 9.17) is 9.72 Å². The number of carbonyl (C=O) groups excluding carboxylic acids is 2. The summed E-state index contributed by atoms with van der Waals surface area (Å²) in [5.41, 5.74) is 3.32. The second kappa shape index (κ2) is 12.1. The van der Waals surface area contributed by atoms with Gasteiger partial charge in [-0.2, -0.15) is 0 Å². The van der Waals surface area contributed by atoms with Crippen LogP contribution in [0.2, 0.25) is 0 Å². The average Bonchev–Trinajstić information content (AvgIpc) is 3.40. The predicted octanol–water partition coefficient (Wildman–Crippen LogP) is 6.81. The summed E-state index contributed by atoms with van der Waals surface area (Å²) in [5, 5.41) is 4.76. The Hall–Kier alpha value is -2.95. The van der Waals surface area contributed by atoms with Gasteiger partial charge in [0.2, 0.25) is 5.91 Å². The largest absolute Gasteiger partial charge is 0.462 e. The molecule has 3 heterocycles. The molecule has 1 amide bonds. The summed E-state index contributed by atoms with van der Waals surface area (Å²) in [6.45, 7) is 4.32. The Morgan fingerprint density at radius 3 is 2.68 bits per heavy atom. The number of esters is 1. The summed E-state index contributed by atoms with van der Waals surface area (Å²) in [7, 11) is 0. The van der Waals surface area contributed by atoms with Crippen molar-refractivity contribution in [3.8, 4) is 5.69 Å². The minimum absolute atomic E-state index is 0.0533. The van der Waals surface area contributed by atoms with Gasteiger partial charge >= 0.3 is 5.97 Å². The Balaban J connectivity index is 1.31. The van der Waals surface area contributed by atoms with Crippen molar-refractivity contribution in [3.05, 3.63) is 67.1 Å². The lowest BCUT2D eigenvalue weighted by Crippen LogP contribution is -2.23. The number of para-hydroxylation sites is 1. The fourth-order valence-electron chi connectivity index (χ4n) is 5.82. The van der Waals surface area contributed by atoms with Crippen LogP contribution in [-0.4, -0.2) is 33.8 Å². The number of thioether (sulfide) groups is 1. The van der Waals surface area contributed by atoms with Crippen molar-refractivity contribution in [3.63, 3.8) is 0 Å². The summed E-state index contributed by atoms with van der Waals surface area (Å²) >= 11 is 4.34. The summed E-state index contributed by atoms with van der Waals surface area (Å²) in [6.07, 6.45) is 7.90. The summed E-state index contributed by atoms with van der Waals surface area (Å²) in [6, 6.07) is 9.50. The molecule has 2 aliphatic carbocycles. The lowest BCUT2D eigenvalue weighted by molar-refractivity contribution is -0.113. The number of thiophene rings is 2. The fraction of sp³-hybridized carbons (Fsp3) is 0.419. The van der Waals surface area contributed by atoms with Crippen LogP contribution in [0.4, 0.5) is 5.00 Å². The van der Waals surface area contributed by atoms with Crippen LogP contribution in [0.15, 0.2) is 40.3 Å². The van der Waals surface area contributed by atoms with Gasteiger partial charge in [0.25, 0.3) is 5.56 Å². The van der Waals surface area contributed by atoms with Gasteiger partial charge in [-0.15, -0.1) is 22.7 Å². The van der Waals surface area contributed by atoms with Crippen LogP contribution in [0.5, 0.6) is 0 Å². The van der Waals surface area contributed by atoms with Gasteiger partial charge < -0.3 is 10.1 Å². The molecule has 1 atom stereocenters. The Labute approximate surface area is 251 Å². The van der Waals surface area contributed by atoms with E-state index in [-0.39, 0.29) is 29.8 Å². The number of benzene rings is 1. The minimum Gasteiger partial charge on any atom is -0.462 e. The van der Waals surface area contributed by atoms with E-state index in [0.29, 0.717) is 27.0 Å². The summed E-state index contributed by atoms with van der Waals surface area (Å²) in [4.78, 5) is 48.3. The van der Waals surface area contributed by atoms with E-state index in [1.165, 1.54) is 28.0 Å². The number of hydrogen-bond donors (Lipinski definition) is 1. The van der Waals surface area contributed by atoms with Gasteiger partial charge in [0.15, 0.2) is 5.16 Å². The summed E-state index contributed by atoms with van der Waals surface area (Å²) < 4.78 is 7.01. The molecule has 1 aromatic carbocycles. The zero-order valence-electron chi connectivity index (χ0n) is 23.3. The molecule has 2 aliphatic rings. The van der Waals surface area contributed by atoms with Crippen molar-refractivity contribution in [2.75, 3.05) is 17.7 Å². The van der Waals surface area contributed by atoms with Crippen LogP contribution in [-0.2, 0) is 35.2 Å². The first kappa shape index (κ1) is 28.2. The number of fused-ring (bicyclic) bond motifs is 4. The number of rotatable bonds is 7. The van der Waals surface area contributed by atoms with E-state index in [1.54, 1.807) is 22.8 Å². The number of carbonyl (C=O) groups is 2. The van der Waals surface area contributed by atoms with Crippen molar-refractivity contribution >= 4 is 61.5 Å². The standard InChI is InChI=1S/C31H33N3O4S3/c1-3-38-30(37)26-20-12-8-5-9-13-22(20)40-28(26)32-24(35)17-39-31-33-27-25(21-15-14-18(2)16-23(21)41-27)29(36)34(31)19-10-6-4-7-11-19/h4,6-7,10-11,18H,3,5,8-9,12-17H2,1-2H3,(H,32,35)/t18-/m0/s1. The van der Waals surface area contributed by atoms with E-state index >= 15 is 0 Å². The van der Waals surface area contributed by atoms with Gasteiger partial charge in [-0.25, -0.2) is 9.78 Å². The SMILES string of the molecule is CCOC(=O)c1c(NC(=O)CSc2nc3sc4c(c3c(=O)n2-c2ccccc2)CC[C@H](C)C4)sc2c1CCCCC2. The number of hydrogen-bond acceptors (Lipinski definition) is 8. The number of aryl methyl sites for hydroxylation is 2. The summed E-state index contributed by atoms with van der Waals surface area (Å²) in [5.74, 6) is 0.0231. The normalized spacial score (nSPS) is 16.6. The van der Waals surface area contributed by atoms with Gasteiger partial charge in [-0.05, 0) is 81.0 Å². The molecular weight excluding hydrogens is 575 g/mol. The highest BCUT2D eigenvalue weighted by Gasteiger charge is 2.28. The Morgan fingerprint density at radius 1 is 1.07 bits per heavy atom. The molecule has 0 radical (unpaired) electrons. The van der Waals surface area contributed by atoms with Gasteiger partial charge in [0.05, 0.1) is 29.0 Å². The van der Waals surface area contributed by atoms with Gasteiger partial charge in [-0.3, -0.25) is 14.2 Å². The maximum atomic E-state index is 14.0. The first-order chi connectivity index (χ1) is 19.9. The molecule has 1 N–H and O–H groups in total. The zero-order chi connectivity index (χ0) is 28.5. The molecule has 10 heteroatoms. The molecule has 3 aromatic heterocycles. The molecular formula is C31H33N3O4S3. The van der Waals surface area contributed by atoms with E-state index in [0.717, 1.165) is 77.9 Å². The van der Waals surface area contributed by atoms with Crippen LogP contribution < -0.4 is 10.9 Å².